The van der Waals surface area contributed by atoms with Crippen molar-refractivity contribution < 1.29 is 19.4 Å². The van der Waals surface area contributed by atoms with Gasteiger partial charge in [-0.1, -0.05) is 6.07 Å². The summed E-state index contributed by atoms with van der Waals surface area (Å²) >= 11 is 0. The highest BCUT2D eigenvalue weighted by molar-refractivity contribution is 5.73. The average Bonchev–Trinajstić information content (AvgIpc) is 2.80. The second-order valence-corrected chi connectivity index (χ2v) is 4.97. The molecule has 7 nitrogen and oxygen atoms in total. The molecule has 4 N–H and O–H groups in total. The minimum atomic E-state index is -1.08. The number of nitrogen functional groups attached to an aromatic ring is 1. The van der Waals surface area contributed by atoms with Crippen LogP contribution in [0.1, 0.15) is 29.8 Å². The molecular weight excluding hydrogens is 279 g/mol. The van der Waals surface area contributed by atoms with Crippen molar-refractivity contribution >= 4 is 11.9 Å². The number of halogens is 1. The number of fused-ring (bicyclic) bond motifs is 1. The van der Waals surface area contributed by atoms with Crippen molar-refractivity contribution in [2.75, 3.05) is 5.73 Å². The molecule has 1 aromatic heterocycles. The molecule has 0 fully saturated rings. The van der Waals surface area contributed by atoms with Gasteiger partial charge in [-0.3, -0.25) is 0 Å². The highest BCUT2D eigenvalue weighted by Crippen LogP contribution is 2.38. The molecule has 110 valence electrons. The van der Waals surface area contributed by atoms with E-state index in [2.05, 4.69) is 10.1 Å². The molecule has 0 saturated carbocycles. The Bertz CT molecular complexity index is 715. The van der Waals surface area contributed by atoms with E-state index in [4.69, 9.17) is 5.73 Å². The van der Waals surface area contributed by atoms with Gasteiger partial charge in [0.25, 0.3) is 0 Å². The monoisotopic (exact) mass is 292 g/mol. The maximum Gasteiger partial charge on any atom is 0.329 e. The van der Waals surface area contributed by atoms with Crippen molar-refractivity contribution in [1.29, 1.82) is 0 Å². The van der Waals surface area contributed by atoms with E-state index in [-0.39, 0.29) is 5.95 Å². The molecule has 1 aromatic carbocycles. The summed E-state index contributed by atoms with van der Waals surface area (Å²) in [6.07, 6.45) is 0.987. The first kappa shape index (κ1) is 13.3. The first-order chi connectivity index (χ1) is 9.97. The van der Waals surface area contributed by atoms with Gasteiger partial charge in [-0.15, -0.1) is 5.10 Å². The number of aliphatic carboxylic acids is 1. The van der Waals surface area contributed by atoms with Crippen LogP contribution in [0.5, 0.6) is 5.75 Å². The molecule has 1 aliphatic heterocycles. The van der Waals surface area contributed by atoms with Gasteiger partial charge >= 0.3 is 5.97 Å². The van der Waals surface area contributed by atoms with Gasteiger partial charge in [-0.05, 0) is 24.1 Å². The fraction of sp³-hybridized carbons (Fsp3) is 0.308. The van der Waals surface area contributed by atoms with Crippen LogP contribution in [0.15, 0.2) is 18.2 Å². The van der Waals surface area contributed by atoms with E-state index >= 15 is 0 Å². The van der Waals surface area contributed by atoms with Crippen molar-refractivity contribution in [1.82, 2.24) is 14.8 Å². The summed E-state index contributed by atoms with van der Waals surface area (Å²) in [7, 11) is 0. The summed E-state index contributed by atoms with van der Waals surface area (Å²) in [5, 5.41) is 22.6. The van der Waals surface area contributed by atoms with Crippen LogP contribution in [-0.2, 0) is 11.2 Å². The molecule has 0 saturated heterocycles. The van der Waals surface area contributed by atoms with Crippen LogP contribution >= 0.6 is 0 Å². The number of nitrogens with two attached hydrogens (primary N) is 1. The quantitative estimate of drug-likeness (QED) is 0.762. The van der Waals surface area contributed by atoms with E-state index in [1.807, 2.05) is 0 Å². The number of hydrogen-bond acceptors (Lipinski definition) is 5. The third-order valence-corrected chi connectivity index (χ3v) is 3.69. The highest BCUT2D eigenvalue weighted by atomic mass is 19.1. The highest BCUT2D eigenvalue weighted by Gasteiger charge is 2.37. The van der Waals surface area contributed by atoms with E-state index in [1.54, 1.807) is 0 Å². The lowest BCUT2D eigenvalue weighted by molar-refractivity contribution is -0.142. The third kappa shape index (κ3) is 2.18. The Morgan fingerprint density at radius 3 is 2.90 bits per heavy atom. The lowest BCUT2D eigenvalue weighted by atomic mass is 9.85. The Kier molecular flexibility index (Phi) is 3.00. The van der Waals surface area contributed by atoms with E-state index in [0.29, 0.717) is 24.2 Å². The van der Waals surface area contributed by atoms with Crippen molar-refractivity contribution in [3.8, 4) is 5.75 Å². The molecule has 2 unspecified atom stereocenters. The van der Waals surface area contributed by atoms with Gasteiger partial charge in [-0.2, -0.15) is 4.98 Å². The lowest BCUT2D eigenvalue weighted by Gasteiger charge is -2.29. The van der Waals surface area contributed by atoms with Gasteiger partial charge in [0.15, 0.2) is 17.6 Å². The minimum Gasteiger partial charge on any atom is -0.505 e. The number of hydrogen-bond donors (Lipinski definition) is 3. The largest absolute Gasteiger partial charge is 0.505 e. The Balaban J connectivity index is 2.06. The number of phenols is 1. The molecule has 0 spiro atoms. The summed E-state index contributed by atoms with van der Waals surface area (Å²) in [5.41, 5.74) is 6.02. The Labute approximate surface area is 118 Å². The van der Waals surface area contributed by atoms with Crippen molar-refractivity contribution in [3.05, 3.63) is 35.4 Å². The summed E-state index contributed by atoms with van der Waals surface area (Å²) in [4.78, 5) is 15.6. The number of carbonyl (C=O) groups is 1. The number of benzene rings is 1. The molecule has 8 heteroatoms. The second kappa shape index (κ2) is 4.72. The van der Waals surface area contributed by atoms with Gasteiger partial charge in [0.1, 0.15) is 5.82 Å². The van der Waals surface area contributed by atoms with Crippen LogP contribution in [0.25, 0.3) is 0 Å². The summed E-state index contributed by atoms with van der Waals surface area (Å²) in [6.45, 7) is 0. The molecule has 0 aliphatic carbocycles. The van der Waals surface area contributed by atoms with Crippen LogP contribution in [0, 0.1) is 5.82 Å². The number of rotatable bonds is 2. The second-order valence-electron chi connectivity index (χ2n) is 4.97. The van der Waals surface area contributed by atoms with Gasteiger partial charge in [0.2, 0.25) is 5.95 Å². The Morgan fingerprint density at radius 2 is 2.24 bits per heavy atom. The summed E-state index contributed by atoms with van der Waals surface area (Å²) in [5.74, 6) is -2.26. The topological polar surface area (TPSA) is 114 Å². The standard InChI is InChI=1S/C13H13FN4O3/c14-8-5-6(1-3-9(8)19)7-2-4-10-16-13(15)17-18(10)11(7)12(20)21/h1,3,5,7,11,19H,2,4H2,(H2,15,17)(H,20,21). The van der Waals surface area contributed by atoms with Crippen molar-refractivity contribution in [2.45, 2.75) is 24.8 Å². The fourth-order valence-corrected chi connectivity index (χ4v) is 2.76. The predicted octanol–water partition coefficient (Wildman–Crippen LogP) is 1.06. The Morgan fingerprint density at radius 1 is 1.48 bits per heavy atom. The molecule has 0 amide bonds. The number of carboxylic acid groups (broad SMARTS) is 1. The van der Waals surface area contributed by atoms with Gasteiger partial charge < -0.3 is 15.9 Å². The number of phenolic OH excluding ortho intramolecular Hbond substituents is 1. The van der Waals surface area contributed by atoms with Crippen LogP contribution in [0.3, 0.4) is 0 Å². The molecule has 2 atom stereocenters. The van der Waals surface area contributed by atoms with E-state index < -0.39 is 29.5 Å². The normalized spacial score (nSPS) is 21.0. The molecule has 2 heterocycles. The zero-order valence-corrected chi connectivity index (χ0v) is 10.9. The molecule has 2 aromatic rings. The predicted molar refractivity (Wildman–Crippen MR) is 70.2 cm³/mol. The molecule has 0 bridgehead atoms. The van der Waals surface area contributed by atoms with E-state index in [1.165, 1.54) is 16.8 Å². The summed E-state index contributed by atoms with van der Waals surface area (Å²) in [6, 6.07) is 2.89. The van der Waals surface area contributed by atoms with Crippen LogP contribution < -0.4 is 5.73 Å². The first-order valence-electron chi connectivity index (χ1n) is 6.39. The zero-order chi connectivity index (χ0) is 15.1. The zero-order valence-electron chi connectivity index (χ0n) is 10.9. The number of aromatic hydroxyl groups is 1. The minimum absolute atomic E-state index is 0.0220. The fourth-order valence-electron chi connectivity index (χ4n) is 2.76. The van der Waals surface area contributed by atoms with E-state index in [9.17, 15) is 19.4 Å². The smallest absolute Gasteiger partial charge is 0.329 e. The Hall–Kier alpha value is -2.64. The molecule has 1 aliphatic rings. The number of carboxylic acids is 1. The number of aromatic nitrogens is 3. The SMILES string of the molecule is Nc1nc2n(n1)C(C(=O)O)C(c1ccc(O)c(F)c1)CC2. The molecule has 21 heavy (non-hydrogen) atoms. The lowest BCUT2D eigenvalue weighted by Crippen LogP contribution is -2.32. The van der Waals surface area contributed by atoms with Gasteiger partial charge in [-0.25, -0.2) is 13.9 Å². The molecule has 0 radical (unpaired) electrons. The maximum atomic E-state index is 13.5. The van der Waals surface area contributed by atoms with Crippen LogP contribution in [0.2, 0.25) is 0 Å². The van der Waals surface area contributed by atoms with Crippen LogP contribution in [0.4, 0.5) is 10.3 Å². The third-order valence-electron chi connectivity index (χ3n) is 3.69. The summed E-state index contributed by atoms with van der Waals surface area (Å²) < 4.78 is 14.8. The number of nitrogens with zero attached hydrogens (tertiary/aromatic N) is 3. The average molecular weight is 292 g/mol. The van der Waals surface area contributed by atoms with E-state index in [0.717, 1.165) is 6.07 Å². The van der Waals surface area contributed by atoms with Crippen LogP contribution in [-0.4, -0.2) is 30.9 Å². The number of anilines is 1. The van der Waals surface area contributed by atoms with Gasteiger partial charge in [0, 0.05) is 12.3 Å². The van der Waals surface area contributed by atoms with Crippen molar-refractivity contribution in [3.63, 3.8) is 0 Å². The number of aryl methyl sites for hydroxylation is 1. The molecule has 3 rings (SSSR count). The van der Waals surface area contributed by atoms with Gasteiger partial charge in [0.05, 0.1) is 0 Å². The molecular formula is C13H13FN4O3. The van der Waals surface area contributed by atoms with Crippen molar-refractivity contribution in [2.24, 2.45) is 0 Å². The first-order valence-corrected chi connectivity index (χ1v) is 6.39. The maximum absolute atomic E-state index is 13.5.